The van der Waals surface area contributed by atoms with Crippen molar-refractivity contribution in [2.24, 2.45) is 0 Å². The second-order valence-corrected chi connectivity index (χ2v) is 6.08. The molecule has 0 aliphatic heterocycles. The Morgan fingerprint density at radius 3 is 2.41 bits per heavy atom. The van der Waals surface area contributed by atoms with E-state index in [0.29, 0.717) is 5.02 Å². The molecule has 0 bridgehead atoms. The van der Waals surface area contributed by atoms with Gasteiger partial charge in [-0.2, -0.15) is 0 Å². The normalized spacial score (nSPS) is 15.3. The minimum absolute atomic E-state index is 0.0583. The molecule has 6 heteroatoms. The molecule has 22 heavy (non-hydrogen) atoms. The Hall–Kier alpha value is -2.01. The van der Waals surface area contributed by atoms with Gasteiger partial charge >= 0.3 is 5.69 Å². The van der Waals surface area contributed by atoms with Gasteiger partial charge in [-0.1, -0.05) is 36.6 Å². The number of benzene rings is 1. The molecule has 0 spiro atoms. The fourth-order valence-corrected chi connectivity index (χ4v) is 3.13. The molecular weight excluding hydrogens is 304 g/mol. The van der Waals surface area contributed by atoms with Gasteiger partial charge in [0.2, 0.25) is 5.88 Å². The molecule has 3 rings (SSSR count). The van der Waals surface area contributed by atoms with E-state index in [1.54, 1.807) is 24.3 Å². The highest BCUT2D eigenvalue weighted by Crippen LogP contribution is 2.27. The third-order valence-corrected chi connectivity index (χ3v) is 4.40. The molecule has 5 nitrogen and oxygen atoms in total. The number of hydrogen-bond donors (Lipinski definition) is 1. The number of rotatable bonds is 3. The van der Waals surface area contributed by atoms with Crippen molar-refractivity contribution in [2.45, 2.75) is 38.3 Å². The van der Waals surface area contributed by atoms with E-state index in [-0.39, 0.29) is 18.5 Å². The van der Waals surface area contributed by atoms with Crippen LogP contribution in [0.15, 0.2) is 39.9 Å². The zero-order valence-corrected chi connectivity index (χ0v) is 12.8. The SMILES string of the molecule is O=c1cc(O)n(Cc2ccc(Cl)cc2)c(=O)n1C1CCCC1. The van der Waals surface area contributed by atoms with Crippen molar-refractivity contribution in [1.82, 2.24) is 9.13 Å². The maximum Gasteiger partial charge on any atom is 0.334 e. The van der Waals surface area contributed by atoms with Gasteiger partial charge in [-0.05, 0) is 30.5 Å². The maximum absolute atomic E-state index is 12.6. The second-order valence-electron chi connectivity index (χ2n) is 5.64. The van der Waals surface area contributed by atoms with E-state index in [2.05, 4.69) is 0 Å². The van der Waals surface area contributed by atoms with Crippen LogP contribution < -0.4 is 11.2 Å². The van der Waals surface area contributed by atoms with E-state index < -0.39 is 11.2 Å². The molecular formula is C16H17ClN2O3. The number of aromatic hydroxyl groups is 1. The summed E-state index contributed by atoms with van der Waals surface area (Å²) in [6.45, 7) is 0.203. The lowest BCUT2D eigenvalue weighted by Gasteiger charge is -2.16. The van der Waals surface area contributed by atoms with Crippen LogP contribution in [0.2, 0.25) is 5.02 Å². The molecule has 1 saturated carbocycles. The van der Waals surface area contributed by atoms with Crippen molar-refractivity contribution < 1.29 is 5.11 Å². The van der Waals surface area contributed by atoms with Crippen LogP contribution >= 0.6 is 11.6 Å². The van der Waals surface area contributed by atoms with Gasteiger partial charge in [-0.15, -0.1) is 0 Å². The fourth-order valence-electron chi connectivity index (χ4n) is 3.00. The molecule has 1 heterocycles. The Labute approximate surface area is 132 Å². The largest absolute Gasteiger partial charge is 0.494 e. The highest BCUT2D eigenvalue weighted by molar-refractivity contribution is 6.30. The van der Waals surface area contributed by atoms with E-state index >= 15 is 0 Å². The zero-order chi connectivity index (χ0) is 15.7. The summed E-state index contributed by atoms with van der Waals surface area (Å²) in [5.74, 6) is -0.306. The summed E-state index contributed by atoms with van der Waals surface area (Å²) in [5.41, 5.74) is -0.0490. The van der Waals surface area contributed by atoms with E-state index in [9.17, 15) is 14.7 Å². The minimum Gasteiger partial charge on any atom is -0.494 e. The van der Waals surface area contributed by atoms with Gasteiger partial charge in [0.15, 0.2) is 0 Å². The monoisotopic (exact) mass is 320 g/mol. The molecule has 0 saturated heterocycles. The maximum atomic E-state index is 12.6. The van der Waals surface area contributed by atoms with Crippen LogP contribution in [0.4, 0.5) is 0 Å². The summed E-state index contributed by atoms with van der Waals surface area (Å²) in [6, 6.07) is 8.10. The van der Waals surface area contributed by atoms with Crippen molar-refractivity contribution in [3.63, 3.8) is 0 Å². The van der Waals surface area contributed by atoms with E-state index in [4.69, 9.17) is 11.6 Å². The predicted molar refractivity (Wildman–Crippen MR) is 84.7 cm³/mol. The third-order valence-electron chi connectivity index (χ3n) is 4.15. The van der Waals surface area contributed by atoms with Gasteiger partial charge in [-0.25, -0.2) is 4.79 Å². The summed E-state index contributed by atoms with van der Waals surface area (Å²) in [4.78, 5) is 24.7. The Bertz CT molecular complexity index is 787. The summed E-state index contributed by atoms with van der Waals surface area (Å²) in [7, 11) is 0. The van der Waals surface area contributed by atoms with E-state index in [0.717, 1.165) is 37.3 Å². The molecule has 1 aliphatic carbocycles. The van der Waals surface area contributed by atoms with Crippen molar-refractivity contribution in [3.05, 3.63) is 61.8 Å². The zero-order valence-electron chi connectivity index (χ0n) is 12.0. The van der Waals surface area contributed by atoms with Crippen LogP contribution in [0.25, 0.3) is 0 Å². The average Bonchev–Trinajstić information content (AvgIpc) is 2.99. The lowest BCUT2D eigenvalue weighted by molar-refractivity contribution is 0.382. The van der Waals surface area contributed by atoms with Crippen molar-refractivity contribution in [1.29, 1.82) is 0 Å². The molecule has 0 unspecified atom stereocenters. The number of nitrogens with zero attached hydrogens (tertiary/aromatic N) is 2. The molecule has 116 valence electrons. The number of halogens is 1. The lowest BCUT2D eigenvalue weighted by Crippen LogP contribution is -2.41. The number of aromatic nitrogens is 2. The summed E-state index contributed by atoms with van der Waals surface area (Å²) >= 11 is 5.85. The smallest absolute Gasteiger partial charge is 0.334 e. The second kappa shape index (κ2) is 6.01. The van der Waals surface area contributed by atoms with Crippen molar-refractivity contribution >= 4 is 11.6 Å². The molecule has 2 aromatic rings. The summed E-state index contributed by atoms with van der Waals surface area (Å²) in [5, 5.41) is 10.6. The average molecular weight is 321 g/mol. The topological polar surface area (TPSA) is 64.2 Å². The van der Waals surface area contributed by atoms with Gasteiger partial charge in [0.05, 0.1) is 12.6 Å². The predicted octanol–water partition coefficient (Wildman–Crippen LogP) is 2.53. The van der Waals surface area contributed by atoms with Gasteiger partial charge in [0.1, 0.15) is 0 Å². The van der Waals surface area contributed by atoms with E-state index in [1.807, 2.05) is 0 Å². The molecule has 0 radical (unpaired) electrons. The van der Waals surface area contributed by atoms with Crippen LogP contribution in [0.1, 0.15) is 37.3 Å². The molecule has 1 fully saturated rings. The van der Waals surface area contributed by atoms with Crippen LogP contribution in [0, 0.1) is 0 Å². The highest BCUT2D eigenvalue weighted by atomic mass is 35.5. The van der Waals surface area contributed by atoms with Gasteiger partial charge in [-0.3, -0.25) is 13.9 Å². The molecule has 0 amide bonds. The lowest BCUT2D eigenvalue weighted by atomic mass is 10.2. The minimum atomic E-state index is -0.452. The first kappa shape index (κ1) is 14.9. The first-order valence-electron chi connectivity index (χ1n) is 7.36. The van der Waals surface area contributed by atoms with Gasteiger partial charge in [0, 0.05) is 11.1 Å². The Balaban J connectivity index is 2.03. The Morgan fingerprint density at radius 1 is 1.14 bits per heavy atom. The standard InChI is InChI=1S/C16H17ClN2O3/c17-12-7-5-11(6-8-12)10-18-14(20)9-15(21)19(16(18)22)13-3-1-2-4-13/h5-9,13,20H,1-4,10H2. The molecule has 1 aromatic heterocycles. The number of hydrogen-bond acceptors (Lipinski definition) is 3. The quantitative estimate of drug-likeness (QED) is 0.945. The van der Waals surface area contributed by atoms with Crippen LogP contribution in [-0.4, -0.2) is 14.2 Å². The van der Waals surface area contributed by atoms with Crippen molar-refractivity contribution in [3.8, 4) is 5.88 Å². The first-order valence-corrected chi connectivity index (χ1v) is 7.74. The highest BCUT2D eigenvalue weighted by Gasteiger charge is 2.22. The van der Waals surface area contributed by atoms with Crippen molar-refractivity contribution in [2.75, 3.05) is 0 Å². The van der Waals surface area contributed by atoms with Crippen LogP contribution in [-0.2, 0) is 6.54 Å². The third kappa shape index (κ3) is 2.81. The summed E-state index contributed by atoms with van der Waals surface area (Å²) < 4.78 is 2.51. The fraction of sp³-hybridized carbons (Fsp3) is 0.375. The van der Waals surface area contributed by atoms with E-state index in [1.165, 1.54) is 9.13 Å². The molecule has 1 N–H and O–H groups in total. The Morgan fingerprint density at radius 2 is 1.77 bits per heavy atom. The molecule has 0 atom stereocenters. The van der Waals surface area contributed by atoms with Crippen LogP contribution in [0.3, 0.4) is 0 Å². The summed E-state index contributed by atoms with van der Waals surface area (Å²) in [6.07, 6.45) is 3.71. The first-order chi connectivity index (χ1) is 10.6. The Kier molecular flexibility index (Phi) is 4.07. The molecule has 1 aromatic carbocycles. The van der Waals surface area contributed by atoms with Crippen LogP contribution in [0.5, 0.6) is 5.88 Å². The van der Waals surface area contributed by atoms with Gasteiger partial charge < -0.3 is 5.11 Å². The van der Waals surface area contributed by atoms with Gasteiger partial charge in [0.25, 0.3) is 5.56 Å². The molecule has 1 aliphatic rings.